The Labute approximate surface area is 201 Å². The highest BCUT2D eigenvalue weighted by Crippen LogP contribution is 2.25. The van der Waals surface area contributed by atoms with Gasteiger partial charge in [0.15, 0.2) is 0 Å². The third-order valence-electron chi connectivity index (χ3n) is 5.66. The largest absolute Gasteiger partial charge is 0.508 e. The van der Waals surface area contributed by atoms with Crippen LogP contribution in [0.4, 0.5) is 0 Å². The van der Waals surface area contributed by atoms with Crippen LogP contribution in [0, 0.1) is 6.92 Å². The maximum atomic E-state index is 12.4. The first-order valence-electron chi connectivity index (χ1n) is 11.5. The van der Waals surface area contributed by atoms with Crippen molar-refractivity contribution < 1.29 is 20.1 Å². The average Bonchev–Trinajstić information content (AvgIpc) is 2.75. The molecule has 0 aliphatic rings. The van der Waals surface area contributed by atoms with Crippen LogP contribution in [-0.4, -0.2) is 33.3 Å². The van der Waals surface area contributed by atoms with Crippen molar-refractivity contribution in [1.29, 1.82) is 0 Å². The van der Waals surface area contributed by atoms with Gasteiger partial charge in [0.25, 0.3) is 0 Å². The van der Waals surface area contributed by atoms with Gasteiger partial charge in [-0.15, -0.1) is 0 Å². The van der Waals surface area contributed by atoms with Crippen molar-refractivity contribution in [2.45, 2.75) is 51.8 Å². The van der Waals surface area contributed by atoms with Crippen LogP contribution in [0.2, 0.25) is 0 Å². The number of carbonyl (C=O) groups is 1. The van der Waals surface area contributed by atoms with Gasteiger partial charge < -0.3 is 26.0 Å². The summed E-state index contributed by atoms with van der Waals surface area (Å²) in [5.41, 5.74) is 4.41. The van der Waals surface area contributed by atoms with E-state index in [1.165, 1.54) is 23.8 Å². The molecule has 0 bridgehead atoms. The lowest BCUT2D eigenvalue weighted by atomic mass is 9.93. The predicted molar refractivity (Wildman–Crippen MR) is 134 cm³/mol. The zero-order valence-corrected chi connectivity index (χ0v) is 20.0. The summed E-state index contributed by atoms with van der Waals surface area (Å²) in [4.78, 5) is 12.4. The van der Waals surface area contributed by atoms with Gasteiger partial charge in [0, 0.05) is 24.7 Å². The summed E-state index contributed by atoms with van der Waals surface area (Å²) >= 11 is 0. The monoisotopic (exact) mass is 462 g/mol. The van der Waals surface area contributed by atoms with Gasteiger partial charge in [-0.1, -0.05) is 54.1 Å². The maximum absolute atomic E-state index is 12.4. The number of aliphatic hydroxyl groups is 1. The summed E-state index contributed by atoms with van der Waals surface area (Å²) in [6.45, 7) is 6.89. The number of aromatic hydroxyl groups is 2. The lowest BCUT2D eigenvalue weighted by Gasteiger charge is -2.28. The molecule has 1 amide bonds. The van der Waals surface area contributed by atoms with E-state index in [1.807, 2.05) is 63.2 Å². The number of β-amino-alcohol motifs (C(OH)–C–C–N with tert-alkyl or cyclic N) is 1. The Balaban J connectivity index is 1.53. The maximum Gasteiger partial charge on any atom is 0.224 e. The van der Waals surface area contributed by atoms with Crippen LogP contribution in [0.3, 0.4) is 0 Å². The molecule has 0 spiro atoms. The second-order valence-electron chi connectivity index (χ2n) is 9.50. The van der Waals surface area contributed by atoms with E-state index >= 15 is 0 Å². The molecule has 34 heavy (non-hydrogen) atoms. The van der Waals surface area contributed by atoms with E-state index in [0.717, 1.165) is 16.7 Å². The highest BCUT2D eigenvalue weighted by Gasteiger charge is 2.20. The predicted octanol–water partition coefficient (Wildman–Crippen LogP) is 3.91. The van der Waals surface area contributed by atoms with Crippen molar-refractivity contribution in [2.75, 3.05) is 6.54 Å². The molecule has 3 aromatic rings. The summed E-state index contributed by atoms with van der Waals surface area (Å²) in [6, 6.07) is 20.2. The summed E-state index contributed by atoms with van der Waals surface area (Å²) < 4.78 is 0. The minimum Gasteiger partial charge on any atom is -0.508 e. The van der Waals surface area contributed by atoms with Crippen LogP contribution in [0.15, 0.2) is 66.7 Å². The highest BCUT2D eigenvalue weighted by atomic mass is 16.3. The Hall–Kier alpha value is -3.35. The number of amides is 1. The second kappa shape index (κ2) is 11.2. The Morgan fingerprint density at radius 1 is 0.912 bits per heavy atom. The Bertz CT molecular complexity index is 1110. The van der Waals surface area contributed by atoms with Crippen molar-refractivity contribution in [3.8, 4) is 11.5 Å². The van der Waals surface area contributed by atoms with Gasteiger partial charge in [0.2, 0.25) is 5.91 Å². The molecule has 6 nitrogen and oxygen atoms in total. The quantitative estimate of drug-likeness (QED) is 0.314. The van der Waals surface area contributed by atoms with E-state index in [4.69, 9.17) is 0 Å². The molecule has 180 valence electrons. The van der Waals surface area contributed by atoms with Crippen LogP contribution in [-0.2, 0) is 24.2 Å². The van der Waals surface area contributed by atoms with Gasteiger partial charge in [-0.3, -0.25) is 4.79 Å². The standard InChI is InChI=1S/C28H34N2O4/c1-19-6-4-9-22(10-19)17-29-27(34)12-20-7-5-8-21(11-20)16-28(2,3)30-18-26(33)23-13-24(31)15-25(32)14-23/h4-11,13-15,26,30-33H,12,16-18H2,1-3H3,(H,29,34). The van der Waals surface area contributed by atoms with E-state index < -0.39 is 6.10 Å². The van der Waals surface area contributed by atoms with E-state index in [-0.39, 0.29) is 29.5 Å². The first kappa shape index (κ1) is 25.3. The number of carbonyl (C=O) groups excluding carboxylic acids is 1. The van der Waals surface area contributed by atoms with Crippen molar-refractivity contribution in [3.05, 3.63) is 94.5 Å². The summed E-state index contributed by atoms with van der Waals surface area (Å²) in [6.07, 6.45) is 0.137. The number of hydrogen-bond acceptors (Lipinski definition) is 5. The minimum absolute atomic E-state index is 0.0199. The summed E-state index contributed by atoms with van der Waals surface area (Å²) in [5.74, 6) is -0.199. The van der Waals surface area contributed by atoms with Gasteiger partial charge in [0.05, 0.1) is 12.5 Å². The molecule has 0 aliphatic carbocycles. The number of phenols is 2. The smallest absolute Gasteiger partial charge is 0.224 e. The van der Waals surface area contributed by atoms with Gasteiger partial charge >= 0.3 is 0 Å². The third kappa shape index (κ3) is 7.90. The molecule has 0 saturated carbocycles. The zero-order chi connectivity index (χ0) is 24.7. The topological polar surface area (TPSA) is 102 Å². The van der Waals surface area contributed by atoms with Crippen LogP contribution in [0.1, 0.15) is 47.8 Å². The molecule has 3 rings (SSSR count). The number of hydrogen-bond donors (Lipinski definition) is 5. The fraction of sp³-hybridized carbons (Fsp3) is 0.321. The number of benzene rings is 3. The molecule has 3 aromatic carbocycles. The van der Waals surface area contributed by atoms with Crippen LogP contribution < -0.4 is 10.6 Å². The lowest BCUT2D eigenvalue weighted by Crippen LogP contribution is -2.43. The molecular formula is C28H34N2O4. The van der Waals surface area contributed by atoms with Crippen LogP contribution >= 0.6 is 0 Å². The molecule has 6 heteroatoms. The van der Waals surface area contributed by atoms with Crippen LogP contribution in [0.25, 0.3) is 0 Å². The molecule has 0 aliphatic heterocycles. The van der Waals surface area contributed by atoms with Gasteiger partial charge in [-0.25, -0.2) is 0 Å². The molecule has 0 aromatic heterocycles. The average molecular weight is 463 g/mol. The molecule has 1 unspecified atom stereocenters. The van der Waals surface area contributed by atoms with Gasteiger partial charge in [-0.2, -0.15) is 0 Å². The molecule has 0 radical (unpaired) electrons. The SMILES string of the molecule is Cc1cccc(CNC(=O)Cc2cccc(CC(C)(C)NCC(O)c3cc(O)cc(O)c3)c2)c1. The van der Waals surface area contributed by atoms with E-state index in [9.17, 15) is 20.1 Å². The third-order valence-corrected chi connectivity index (χ3v) is 5.66. The molecule has 1 atom stereocenters. The number of rotatable bonds is 10. The lowest BCUT2D eigenvalue weighted by molar-refractivity contribution is -0.120. The van der Waals surface area contributed by atoms with E-state index in [1.54, 1.807) is 0 Å². The van der Waals surface area contributed by atoms with Gasteiger partial charge in [0.1, 0.15) is 11.5 Å². The van der Waals surface area contributed by atoms with E-state index in [2.05, 4.69) is 16.7 Å². The van der Waals surface area contributed by atoms with Crippen LogP contribution in [0.5, 0.6) is 11.5 Å². The molecule has 0 fully saturated rings. The first-order valence-corrected chi connectivity index (χ1v) is 11.5. The normalized spacial score (nSPS) is 12.4. The van der Waals surface area contributed by atoms with Crippen molar-refractivity contribution >= 4 is 5.91 Å². The van der Waals surface area contributed by atoms with Crippen molar-refractivity contribution in [2.24, 2.45) is 0 Å². The number of aryl methyl sites for hydroxylation is 1. The molecule has 0 saturated heterocycles. The minimum atomic E-state index is -0.874. The second-order valence-corrected chi connectivity index (χ2v) is 9.50. The Morgan fingerprint density at radius 2 is 1.56 bits per heavy atom. The molecular weight excluding hydrogens is 428 g/mol. The number of nitrogens with one attached hydrogen (secondary N) is 2. The Morgan fingerprint density at radius 3 is 2.26 bits per heavy atom. The van der Waals surface area contributed by atoms with Crippen molar-refractivity contribution in [3.63, 3.8) is 0 Å². The highest BCUT2D eigenvalue weighted by molar-refractivity contribution is 5.78. The molecule has 5 N–H and O–H groups in total. The zero-order valence-electron chi connectivity index (χ0n) is 20.0. The van der Waals surface area contributed by atoms with Gasteiger partial charge in [-0.05, 0) is 61.6 Å². The van der Waals surface area contributed by atoms with E-state index in [0.29, 0.717) is 24.9 Å². The first-order chi connectivity index (χ1) is 16.1. The number of aliphatic hydroxyl groups excluding tert-OH is 1. The molecule has 0 heterocycles. The number of phenolic OH excluding ortho intramolecular Hbond substituents is 2. The Kier molecular flexibility index (Phi) is 8.31. The summed E-state index contributed by atoms with van der Waals surface area (Å²) in [5, 5.41) is 36.1. The van der Waals surface area contributed by atoms with Crippen molar-refractivity contribution in [1.82, 2.24) is 10.6 Å². The summed E-state index contributed by atoms with van der Waals surface area (Å²) in [7, 11) is 0. The fourth-order valence-corrected chi connectivity index (χ4v) is 3.99. The fourth-order valence-electron chi connectivity index (χ4n) is 3.99.